The highest BCUT2D eigenvalue weighted by Gasteiger charge is 2.29. The fourth-order valence-corrected chi connectivity index (χ4v) is 4.45. The molecule has 1 saturated heterocycles. The lowest BCUT2D eigenvalue weighted by molar-refractivity contribution is -0.134. The van der Waals surface area contributed by atoms with Crippen LogP contribution in [-0.2, 0) is 9.59 Å². The molecule has 1 fully saturated rings. The molecule has 10 nitrogen and oxygen atoms in total. The van der Waals surface area contributed by atoms with Crippen LogP contribution < -0.4 is 20.7 Å². The molecule has 1 aromatic heterocycles. The topological polar surface area (TPSA) is 116 Å². The number of carbonyl (C=O) groups is 3. The Balaban J connectivity index is 1.49. The Labute approximate surface area is 234 Å². The van der Waals surface area contributed by atoms with Gasteiger partial charge in [-0.3, -0.25) is 14.4 Å². The summed E-state index contributed by atoms with van der Waals surface area (Å²) in [5.74, 6) is 0.406. The number of hydrogen-bond donors (Lipinski definition) is 3. The number of nitrogens with zero attached hydrogens (tertiary/aromatic N) is 2. The summed E-state index contributed by atoms with van der Waals surface area (Å²) in [5, 5.41) is 8.87. The third-order valence-corrected chi connectivity index (χ3v) is 6.48. The summed E-state index contributed by atoms with van der Waals surface area (Å²) in [6.45, 7) is 5.48. The molecule has 0 radical (unpaired) electrons. The summed E-state index contributed by atoms with van der Waals surface area (Å²) >= 11 is 0. The molecular formula is C30H37N5O5. The molecule has 3 N–H and O–H groups in total. The van der Waals surface area contributed by atoms with Crippen LogP contribution in [-0.4, -0.2) is 80.9 Å². The van der Waals surface area contributed by atoms with Crippen LogP contribution in [0, 0.1) is 0 Å². The minimum absolute atomic E-state index is 0.0823. The molecule has 0 spiro atoms. The molecule has 0 saturated carbocycles. The van der Waals surface area contributed by atoms with Crippen molar-refractivity contribution in [1.29, 1.82) is 0 Å². The number of hydrogen-bond acceptors (Lipinski definition) is 7. The Kier molecular flexibility index (Phi) is 9.93. The number of anilines is 1. The van der Waals surface area contributed by atoms with Gasteiger partial charge in [-0.15, -0.1) is 0 Å². The Morgan fingerprint density at radius 2 is 1.80 bits per heavy atom. The molecule has 3 aromatic rings. The number of carbonyl (C=O) groups excluding carboxylic acids is 3. The van der Waals surface area contributed by atoms with Crippen LogP contribution in [0.15, 0.2) is 65.1 Å². The zero-order valence-electron chi connectivity index (χ0n) is 23.2. The first-order valence-corrected chi connectivity index (χ1v) is 13.5. The molecule has 2 aromatic carbocycles. The zero-order chi connectivity index (χ0) is 28.5. The van der Waals surface area contributed by atoms with Gasteiger partial charge in [0.05, 0.1) is 6.61 Å². The Bertz CT molecular complexity index is 1300. The molecule has 10 heteroatoms. The summed E-state index contributed by atoms with van der Waals surface area (Å²) in [4.78, 5) is 42.1. The maximum atomic E-state index is 13.6. The lowest BCUT2D eigenvalue weighted by Gasteiger charge is -2.31. The molecule has 1 atom stereocenters. The van der Waals surface area contributed by atoms with Gasteiger partial charge in [0, 0.05) is 50.9 Å². The summed E-state index contributed by atoms with van der Waals surface area (Å²) in [5.41, 5.74) is 1.99. The van der Waals surface area contributed by atoms with E-state index < -0.39 is 11.9 Å². The number of ether oxygens (including phenoxy) is 1. The normalized spacial score (nSPS) is 14.1. The molecule has 212 valence electrons. The monoisotopic (exact) mass is 547 g/mol. The van der Waals surface area contributed by atoms with Crippen molar-refractivity contribution in [3.8, 4) is 17.1 Å². The molecule has 3 amide bonds. The van der Waals surface area contributed by atoms with Crippen LogP contribution in [0.3, 0.4) is 0 Å². The molecule has 4 rings (SSSR count). The zero-order valence-corrected chi connectivity index (χ0v) is 23.2. The third kappa shape index (κ3) is 7.93. The van der Waals surface area contributed by atoms with Crippen LogP contribution >= 0.6 is 0 Å². The summed E-state index contributed by atoms with van der Waals surface area (Å²) in [7, 11) is 4.04. The van der Waals surface area contributed by atoms with E-state index in [1.165, 1.54) is 6.92 Å². The van der Waals surface area contributed by atoms with E-state index in [0.717, 1.165) is 13.0 Å². The lowest BCUT2D eigenvalue weighted by atomic mass is 10.0. The highest BCUT2D eigenvalue weighted by molar-refractivity contribution is 5.96. The predicted octanol–water partition coefficient (Wildman–Crippen LogP) is 3.14. The molecule has 2 heterocycles. The maximum Gasteiger partial charge on any atom is 0.287 e. The second-order valence-electron chi connectivity index (χ2n) is 9.98. The highest BCUT2D eigenvalue weighted by Crippen LogP contribution is 2.26. The minimum Gasteiger partial charge on any atom is -0.494 e. The number of benzene rings is 2. The Morgan fingerprint density at radius 1 is 1.05 bits per heavy atom. The van der Waals surface area contributed by atoms with Crippen LogP contribution in [0.5, 0.6) is 5.75 Å². The Hall–Kier alpha value is -4.15. The fourth-order valence-electron chi connectivity index (χ4n) is 4.45. The quantitative estimate of drug-likeness (QED) is 0.316. The van der Waals surface area contributed by atoms with Crippen molar-refractivity contribution in [2.75, 3.05) is 58.7 Å². The van der Waals surface area contributed by atoms with Gasteiger partial charge in [0.25, 0.3) is 5.91 Å². The van der Waals surface area contributed by atoms with Crippen LogP contribution in [0.25, 0.3) is 11.3 Å². The van der Waals surface area contributed by atoms with E-state index in [9.17, 15) is 14.4 Å². The molecule has 40 heavy (non-hydrogen) atoms. The highest BCUT2D eigenvalue weighted by atomic mass is 16.5. The predicted molar refractivity (Wildman–Crippen MR) is 153 cm³/mol. The van der Waals surface area contributed by atoms with E-state index in [2.05, 4.69) is 20.9 Å². The fraction of sp³-hybridized carbons (Fsp3) is 0.367. The van der Waals surface area contributed by atoms with Gasteiger partial charge in [0.15, 0.2) is 5.76 Å². The van der Waals surface area contributed by atoms with Gasteiger partial charge in [0.2, 0.25) is 11.8 Å². The van der Waals surface area contributed by atoms with Crippen molar-refractivity contribution < 1.29 is 23.5 Å². The van der Waals surface area contributed by atoms with Crippen LogP contribution in [0.1, 0.15) is 35.5 Å². The van der Waals surface area contributed by atoms with E-state index in [0.29, 0.717) is 61.1 Å². The second kappa shape index (κ2) is 13.8. The largest absolute Gasteiger partial charge is 0.494 e. The van der Waals surface area contributed by atoms with Crippen molar-refractivity contribution in [3.63, 3.8) is 0 Å². The van der Waals surface area contributed by atoms with E-state index in [1.807, 2.05) is 44.4 Å². The summed E-state index contributed by atoms with van der Waals surface area (Å²) in [6, 6.07) is 16.8. The van der Waals surface area contributed by atoms with E-state index in [-0.39, 0.29) is 17.6 Å². The van der Waals surface area contributed by atoms with Gasteiger partial charge in [-0.1, -0.05) is 24.3 Å². The first-order chi connectivity index (χ1) is 19.3. The number of rotatable bonds is 11. The molecule has 1 aliphatic heterocycles. The van der Waals surface area contributed by atoms with E-state index >= 15 is 0 Å². The molecule has 0 aliphatic carbocycles. The van der Waals surface area contributed by atoms with Gasteiger partial charge in [-0.2, -0.15) is 0 Å². The van der Waals surface area contributed by atoms with E-state index in [4.69, 9.17) is 9.15 Å². The Morgan fingerprint density at radius 3 is 2.50 bits per heavy atom. The number of nitrogens with one attached hydrogen (secondary N) is 3. The van der Waals surface area contributed by atoms with Crippen molar-refractivity contribution in [2.45, 2.75) is 19.4 Å². The van der Waals surface area contributed by atoms with Crippen LogP contribution in [0.4, 0.5) is 5.69 Å². The average Bonchev–Trinajstić information content (AvgIpc) is 3.45. The molecule has 1 unspecified atom stereocenters. The van der Waals surface area contributed by atoms with Crippen LogP contribution in [0.2, 0.25) is 0 Å². The van der Waals surface area contributed by atoms with Gasteiger partial charge in [0.1, 0.15) is 17.6 Å². The van der Waals surface area contributed by atoms with Gasteiger partial charge >= 0.3 is 0 Å². The minimum atomic E-state index is -0.884. The third-order valence-electron chi connectivity index (χ3n) is 6.48. The van der Waals surface area contributed by atoms with Gasteiger partial charge in [-0.05, 0) is 62.5 Å². The van der Waals surface area contributed by atoms with Crippen molar-refractivity contribution in [2.24, 2.45) is 0 Å². The molecule has 1 aliphatic rings. The smallest absolute Gasteiger partial charge is 0.287 e. The average molecular weight is 548 g/mol. The molecular weight excluding hydrogens is 510 g/mol. The number of piperazine rings is 1. The SMILES string of the molecule is CC(=O)Nc1cccc(-c2ccc(C(=O)NC(C(=O)N3CCNCC3)c3ccc(OCCCN(C)C)cc3)o2)c1. The van der Waals surface area contributed by atoms with E-state index in [1.54, 1.807) is 35.2 Å². The van der Waals surface area contributed by atoms with Crippen molar-refractivity contribution in [3.05, 3.63) is 72.0 Å². The second-order valence-corrected chi connectivity index (χ2v) is 9.98. The first kappa shape index (κ1) is 28.8. The summed E-state index contributed by atoms with van der Waals surface area (Å²) < 4.78 is 11.7. The lowest BCUT2D eigenvalue weighted by Crippen LogP contribution is -2.50. The van der Waals surface area contributed by atoms with Crippen molar-refractivity contribution >= 4 is 23.4 Å². The van der Waals surface area contributed by atoms with Gasteiger partial charge in [-0.25, -0.2) is 0 Å². The number of furan rings is 1. The van der Waals surface area contributed by atoms with Crippen molar-refractivity contribution in [1.82, 2.24) is 20.4 Å². The van der Waals surface area contributed by atoms with Gasteiger partial charge < -0.3 is 34.9 Å². The molecule has 0 bridgehead atoms. The maximum absolute atomic E-state index is 13.6. The summed E-state index contributed by atoms with van der Waals surface area (Å²) in [6.07, 6.45) is 0.900. The standard InChI is InChI=1S/C30H37N5O5/c1-21(36)32-24-7-4-6-23(20-24)26-12-13-27(40-26)29(37)33-28(30(38)35-17-14-31-15-18-35)22-8-10-25(11-9-22)39-19-5-16-34(2)3/h4,6-13,20,28,31H,5,14-19H2,1-3H3,(H,32,36)(H,33,37). The number of amides is 3. The first-order valence-electron chi connectivity index (χ1n) is 13.5.